The molecule has 0 fully saturated rings. The number of benzene rings is 1. The van der Waals surface area contributed by atoms with Crippen molar-refractivity contribution >= 4 is 17.6 Å². The van der Waals surface area contributed by atoms with Crippen molar-refractivity contribution < 1.29 is 24.7 Å². The zero-order chi connectivity index (χ0) is 14.4. The van der Waals surface area contributed by atoms with Gasteiger partial charge < -0.3 is 15.5 Å². The maximum Gasteiger partial charge on any atom is 0.328 e. The van der Waals surface area contributed by atoms with Crippen molar-refractivity contribution in [2.75, 3.05) is 6.61 Å². The Morgan fingerprint density at radius 2 is 1.89 bits per heavy atom. The van der Waals surface area contributed by atoms with Crippen LogP contribution in [0.3, 0.4) is 0 Å². The van der Waals surface area contributed by atoms with Crippen LogP contribution in [0.25, 0.3) is 0 Å². The first-order valence-corrected chi connectivity index (χ1v) is 5.30. The minimum atomic E-state index is -1.36. The number of carboxylic acids is 1. The molecular weight excluding hydrogens is 256 g/mol. The second kappa shape index (κ2) is 6.45. The van der Waals surface area contributed by atoms with Crippen LogP contribution in [0, 0.1) is 10.1 Å². The van der Waals surface area contributed by atoms with Gasteiger partial charge >= 0.3 is 5.97 Å². The summed E-state index contributed by atoms with van der Waals surface area (Å²) in [6.45, 7) is -0.707. The second-order valence-corrected chi connectivity index (χ2v) is 3.74. The van der Waals surface area contributed by atoms with Gasteiger partial charge in [0.1, 0.15) is 6.04 Å². The van der Waals surface area contributed by atoms with E-state index in [9.17, 15) is 19.7 Å². The monoisotopic (exact) mass is 268 g/mol. The van der Waals surface area contributed by atoms with Gasteiger partial charge in [0, 0.05) is 12.1 Å². The number of aliphatic hydroxyl groups is 1. The van der Waals surface area contributed by atoms with Gasteiger partial charge in [-0.2, -0.15) is 0 Å². The molecule has 1 rings (SSSR count). The number of nitro benzene ring substituents is 1. The fourth-order valence-corrected chi connectivity index (χ4v) is 1.35. The molecule has 3 N–H and O–H groups in total. The predicted molar refractivity (Wildman–Crippen MR) is 63.5 cm³/mol. The fourth-order valence-electron chi connectivity index (χ4n) is 1.35. The second-order valence-electron chi connectivity index (χ2n) is 3.74. The highest BCUT2D eigenvalue weighted by molar-refractivity contribution is 5.84. The predicted octanol–water partition coefficient (Wildman–Crippen LogP) is -0.301. The van der Waals surface area contributed by atoms with E-state index in [-0.39, 0.29) is 12.1 Å². The molecule has 0 heterocycles. The van der Waals surface area contributed by atoms with Gasteiger partial charge in [0.15, 0.2) is 0 Å². The normalized spacial score (nSPS) is 11.6. The van der Waals surface area contributed by atoms with Crippen LogP contribution in [0.15, 0.2) is 24.3 Å². The number of nitro groups is 1. The van der Waals surface area contributed by atoms with Crippen molar-refractivity contribution in [3.05, 3.63) is 39.9 Å². The van der Waals surface area contributed by atoms with E-state index >= 15 is 0 Å². The Bertz CT molecular complexity index is 484. The first-order valence-electron chi connectivity index (χ1n) is 5.30. The minimum absolute atomic E-state index is 0.0945. The summed E-state index contributed by atoms with van der Waals surface area (Å²) in [5.41, 5.74) is 0.410. The Labute approximate surface area is 107 Å². The van der Waals surface area contributed by atoms with Crippen LogP contribution in [0.2, 0.25) is 0 Å². The summed E-state index contributed by atoms with van der Waals surface area (Å²) in [7, 11) is 0. The molecule has 102 valence electrons. The molecule has 19 heavy (non-hydrogen) atoms. The van der Waals surface area contributed by atoms with E-state index < -0.39 is 29.4 Å². The third kappa shape index (κ3) is 4.36. The van der Waals surface area contributed by atoms with Gasteiger partial charge in [-0.3, -0.25) is 14.9 Å². The van der Waals surface area contributed by atoms with Crippen molar-refractivity contribution in [1.82, 2.24) is 5.32 Å². The summed E-state index contributed by atoms with van der Waals surface area (Å²) in [6.07, 6.45) is -0.123. The topological polar surface area (TPSA) is 130 Å². The molecule has 0 aliphatic heterocycles. The summed E-state index contributed by atoms with van der Waals surface area (Å²) in [6, 6.07) is 3.97. The third-order valence-corrected chi connectivity index (χ3v) is 2.33. The van der Waals surface area contributed by atoms with Gasteiger partial charge in [-0.05, 0) is 5.56 Å². The molecule has 1 aromatic rings. The number of carbonyl (C=O) groups excluding carboxylic acids is 1. The quantitative estimate of drug-likeness (QED) is 0.479. The van der Waals surface area contributed by atoms with Crippen LogP contribution in [0.1, 0.15) is 5.56 Å². The molecule has 0 spiro atoms. The number of carboxylic acid groups (broad SMARTS) is 1. The SMILES string of the molecule is O=C(Cc1ccc([N+](=O)[O-])cc1)N[C@H](CO)C(=O)O. The Morgan fingerprint density at radius 1 is 1.32 bits per heavy atom. The first-order chi connectivity index (χ1) is 8.93. The summed E-state index contributed by atoms with van der Waals surface area (Å²) >= 11 is 0. The summed E-state index contributed by atoms with van der Waals surface area (Å²) in [5.74, 6) is -1.92. The average Bonchev–Trinajstić information content (AvgIpc) is 2.36. The molecule has 0 saturated heterocycles. The zero-order valence-electron chi connectivity index (χ0n) is 9.78. The Morgan fingerprint density at radius 3 is 2.32 bits per heavy atom. The molecule has 0 radical (unpaired) electrons. The van der Waals surface area contributed by atoms with Crippen molar-refractivity contribution in [3.63, 3.8) is 0 Å². The number of nitrogens with one attached hydrogen (secondary N) is 1. The van der Waals surface area contributed by atoms with E-state index in [1.165, 1.54) is 24.3 Å². The number of hydrogen-bond acceptors (Lipinski definition) is 5. The fraction of sp³-hybridized carbons (Fsp3) is 0.273. The van der Waals surface area contributed by atoms with Crippen molar-refractivity contribution in [1.29, 1.82) is 0 Å². The van der Waals surface area contributed by atoms with E-state index in [1.54, 1.807) is 0 Å². The number of aliphatic hydroxyl groups excluding tert-OH is 1. The van der Waals surface area contributed by atoms with E-state index in [4.69, 9.17) is 10.2 Å². The average molecular weight is 268 g/mol. The lowest BCUT2D eigenvalue weighted by Crippen LogP contribution is -2.43. The number of non-ortho nitro benzene ring substituents is 1. The smallest absolute Gasteiger partial charge is 0.328 e. The van der Waals surface area contributed by atoms with Crippen LogP contribution < -0.4 is 5.32 Å². The van der Waals surface area contributed by atoms with Gasteiger partial charge in [-0.1, -0.05) is 12.1 Å². The molecule has 0 aliphatic carbocycles. The van der Waals surface area contributed by atoms with Crippen LogP contribution in [-0.2, 0) is 16.0 Å². The highest BCUT2D eigenvalue weighted by Crippen LogP contribution is 2.12. The molecule has 0 bridgehead atoms. The number of nitrogens with zero attached hydrogens (tertiary/aromatic N) is 1. The van der Waals surface area contributed by atoms with E-state index in [2.05, 4.69) is 5.32 Å². The van der Waals surface area contributed by atoms with Gasteiger partial charge in [-0.15, -0.1) is 0 Å². The standard InChI is InChI=1S/C11H12N2O6/c14-6-9(11(16)17)12-10(15)5-7-1-3-8(4-2-7)13(18)19/h1-4,9,14H,5-6H2,(H,12,15)(H,16,17)/t9-/m1/s1. The van der Waals surface area contributed by atoms with Crippen molar-refractivity contribution in [2.24, 2.45) is 0 Å². The maximum atomic E-state index is 11.5. The summed E-state index contributed by atoms with van der Waals surface area (Å²) in [5, 5.41) is 29.9. The Hall–Kier alpha value is -2.48. The highest BCUT2D eigenvalue weighted by Gasteiger charge is 2.18. The molecule has 0 saturated carbocycles. The van der Waals surface area contributed by atoms with E-state index in [0.717, 1.165) is 0 Å². The van der Waals surface area contributed by atoms with Gasteiger partial charge in [0.25, 0.3) is 5.69 Å². The van der Waals surface area contributed by atoms with Crippen LogP contribution in [0.4, 0.5) is 5.69 Å². The van der Waals surface area contributed by atoms with Gasteiger partial charge in [0.05, 0.1) is 18.0 Å². The molecule has 1 atom stereocenters. The number of carbonyl (C=O) groups is 2. The van der Waals surface area contributed by atoms with Gasteiger partial charge in [-0.25, -0.2) is 4.79 Å². The Balaban J connectivity index is 2.61. The molecule has 8 nitrogen and oxygen atoms in total. The lowest BCUT2D eigenvalue weighted by Gasteiger charge is -2.11. The van der Waals surface area contributed by atoms with Gasteiger partial charge in [0.2, 0.25) is 5.91 Å². The lowest BCUT2D eigenvalue weighted by molar-refractivity contribution is -0.384. The number of hydrogen-bond donors (Lipinski definition) is 3. The number of rotatable bonds is 6. The van der Waals surface area contributed by atoms with Crippen molar-refractivity contribution in [3.8, 4) is 0 Å². The largest absolute Gasteiger partial charge is 0.480 e. The molecule has 0 aliphatic rings. The minimum Gasteiger partial charge on any atom is -0.480 e. The highest BCUT2D eigenvalue weighted by atomic mass is 16.6. The maximum absolute atomic E-state index is 11.5. The van der Waals surface area contributed by atoms with E-state index in [0.29, 0.717) is 5.56 Å². The molecule has 8 heteroatoms. The summed E-state index contributed by atoms with van der Waals surface area (Å²) in [4.78, 5) is 31.9. The van der Waals surface area contributed by atoms with Crippen LogP contribution in [0.5, 0.6) is 0 Å². The molecule has 1 aromatic carbocycles. The van der Waals surface area contributed by atoms with Crippen LogP contribution in [-0.4, -0.2) is 39.7 Å². The number of amides is 1. The molecule has 0 aromatic heterocycles. The molecular formula is C11H12N2O6. The Kier molecular flexibility index (Phi) is 4.95. The zero-order valence-corrected chi connectivity index (χ0v) is 9.78. The first kappa shape index (κ1) is 14.6. The lowest BCUT2D eigenvalue weighted by atomic mass is 10.1. The third-order valence-electron chi connectivity index (χ3n) is 2.33. The number of aliphatic carboxylic acids is 1. The molecule has 0 unspecified atom stereocenters. The summed E-state index contributed by atoms with van der Waals surface area (Å²) < 4.78 is 0. The van der Waals surface area contributed by atoms with E-state index in [1.807, 2.05) is 0 Å². The van der Waals surface area contributed by atoms with Crippen molar-refractivity contribution in [2.45, 2.75) is 12.5 Å². The van der Waals surface area contributed by atoms with Crippen LogP contribution >= 0.6 is 0 Å². The molecule has 1 amide bonds.